The van der Waals surface area contributed by atoms with Crippen LogP contribution in [0.2, 0.25) is 0 Å². The lowest BCUT2D eigenvalue weighted by Gasteiger charge is -2.32. The van der Waals surface area contributed by atoms with Crippen molar-refractivity contribution in [3.8, 4) is 0 Å². The molecule has 4 rings (SSSR count). The molecule has 2 N–H and O–H groups in total. The number of aromatic nitrogens is 2. The van der Waals surface area contributed by atoms with Gasteiger partial charge in [-0.15, -0.1) is 11.8 Å². The second-order valence-electron chi connectivity index (χ2n) is 7.24. The maximum Gasteiger partial charge on any atom is 0.257 e. The number of nitrogens with one attached hydrogen (secondary N) is 2. The molecule has 1 fully saturated rings. The lowest BCUT2D eigenvalue weighted by Crippen LogP contribution is -2.46. The molecule has 2 aromatic heterocycles. The molecule has 2 amide bonds. The Morgan fingerprint density at radius 2 is 2.10 bits per heavy atom. The third-order valence-corrected chi connectivity index (χ3v) is 6.32. The van der Waals surface area contributed by atoms with E-state index in [4.69, 9.17) is 4.42 Å². The molecule has 0 saturated carbocycles. The number of para-hydroxylation sites is 2. The van der Waals surface area contributed by atoms with Crippen molar-refractivity contribution in [3.05, 3.63) is 54.2 Å². The number of likely N-dealkylation sites (tertiary alicyclic amines) is 1. The molecule has 0 spiro atoms. The van der Waals surface area contributed by atoms with Crippen molar-refractivity contribution < 1.29 is 14.0 Å². The van der Waals surface area contributed by atoms with Crippen molar-refractivity contribution >= 4 is 34.6 Å². The molecule has 8 heteroatoms. The van der Waals surface area contributed by atoms with Crippen LogP contribution in [0, 0.1) is 0 Å². The van der Waals surface area contributed by atoms with Crippen LogP contribution in [-0.4, -0.2) is 51.6 Å². The van der Waals surface area contributed by atoms with E-state index in [0.29, 0.717) is 24.4 Å². The number of carbonyl (C=O) groups is 2. The van der Waals surface area contributed by atoms with Gasteiger partial charge in [-0.1, -0.05) is 12.1 Å². The largest absolute Gasteiger partial charge is 0.472 e. The zero-order chi connectivity index (χ0) is 20.2. The second-order valence-corrected chi connectivity index (χ2v) is 8.57. The van der Waals surface area contributed by atoms with Gasteiger partial charge < -0.3 is 19.6 Å². The Labute approximate surface area is 173 Å². The summed E-state index contributed by atoms with van der Waals surface area (Å²) >= 11 is 1.56. The number of carbonyl (C=O) groups excluding carboxylic acids is 2. The van der Waals surface area contributed by atoms with Crippen LogP contribution < -0.4 is 5.32 Å². The van der Waals surface area contributed by atoms with Gasteiger partial charge in [-0.2, -0.15) is 0 Å². The van der Waals surface area contributed by atoms with E-state index in [9.17, 15) is 9.59 Å². The van der Waals surface area contributed by atoms with Crippen molar-refractivity contribution in [1.29, 1.82) is 0 Å². The first kappa shape index (κ1) is 19.6. The lowest BCUT2D eigenvalue weighted by molar-refractivity contribution is -0.119. The molecule has 1 aromatic carbocycles. The normalized spacial score (nSPS) is 16.1. The maximum atomic E-state index is 12.4. The molecule has 1 unspecified atom stereocenters. The molecule has 1 atom stereocenters. The van der Waals surface area contributed by atoms with Crippen LogP contribution in [0.4, 0.5) is 0 Å². The number of furan rings is 1. The van der Waals surface area contributed by atoms with Crippen molar-refractivity contribution in [2.75, 3.05) is 18.8 Å². The number of piperidine rings is 1. The van der Waals surface area contributed by atoms with Gasteiger partial charge in [0, 0.05) is 19.1 Å². The summed E-state index contributed by atoms with van der Waals surface area (Å²) in [4.78, 5) is 34.4. The molecule has 3 aromatic rings. The summed E-state index contributed by atoms with van der Waals surface area (Å²) in [7, 11) is 0. The molecule has 1 saturated heterocycles. The van der Waals surface area contributed by atoms with E-state index < -0.39 is 0 Å². The molecule has 1 aliphatic rings. The van der Waals surface area contributed by atoms with Gasteiger partial charge in [0.2, 0.25) is 5.91 Å². The molecule has 152 valence electrons. The van der Waals surface area contributed by atoms with Gasteiger partial charge in [0.1, 0.15) is 12.1 Å². The molecule has 0 bridgehead atoms. The van der Waals surface area contributed by atoms with Crippen LogP contribution in [0.15, 0.2) is 47.3 Å². The van der Waals surface area contributed by atoms with Crippen LogP contribution in [0.25, 0.3) is 11.0 Å². The van der Waals surface area contributed by atoms with Crippen LogP contribution in [0.5, 0.6) is 0 Å². The Balaban J connectivity index is 1.21. The van der Waals surface area contributed by atoms with Gasteiger partial charge in [-0.3, -0.25) is 9.59 Å². The summed E-state index contributed by atoms with van der Waals surface area (Å²) < 4.78 is 4.98. The van der Waals surface area contributed by atoms with Crippen molar-refractivity contribution in [1.82, 2.24) is 20.2 Å². The molecule has 7 nitrogen and oxygen atoms in total. The van der Waals surface area contributed by atoms with E-state index in [1.807, 2.05) is 29.2 Å². The molecule has 1 aliphatic heterocycles. The minimum absolute atomic E-state index is 0.0151. The Morgan fingerprint density at radius 1 is 1.31 bits per heavy atom. The minimum atomic E-state index is -0.0151. The summed E-state index contributed by atoms with van der Waals surface area (Å²) in [6, 6.07) is 9.70. The van der Waals surface area contributed by atoms with E-state index >= 15 is 0 Å². The van der Waals surface area contributed by atoms with Crippen molar-refractivity contribution in [3.63, 3.8) is 0 Å². The monoisotopic (exact) mass is 412 g/mol. The topological polar surface area (TPSA) is 91.2 Å². The number of imidazole rings is 1. The number of hydrogen-bond acceptors (Lipinski definition) is 5. The molecule has 29 heavy (non-hydrogen) atoms. The third-order valence-electron chi connectivity index (χ3n) is 5.17. The first-order valence-electron chi connectivity index (χ1n) is 9.77. The minimum Gasteiger partial charge on any atom is -0.472 e. The Morgan fingerprint density at radius 3 is 2.83 bits per heavy atom. The molecule has 0 aliphatic carbocycles. The summed E-state index contributed by atoms with van der Waals surface area (Å²) in [6.45, 7) is 3.32. The zero-order valence-electron chi connectivity index (χ0n) is 16.3. The summed E-state index contributed by atoms with van der Waals surface area (Å²) in [5.41, 5.74) is 2.52. The molecule has 3 heterocycles. The van der Waals surface area contributed by atoms with E-state index in [-0.39, 0.29) is 23.1 Å². The number of rotatable bonds is 6. The van der Waals surface area contributed by atoms with Crippen molar-refractivity contribution in [2.24, 2.45) is 0 Å². The predicted octanol–water partition coefficient (Wildman–Crippen LogP) is 3.37. The second kappa shape index (κ2) is 8.73. The molecule has 0 radical (unpaired) electrons. The van der Waals surface area contributed by atoms with Gasteiger partial charge in [0.25, 0.3) is 5.91 Å². The van der Waals surface area contributed by atoms with Gasteiger partial charge >= 0.3 is 0 Å². The first-order valence-corrected chi connectivity index (χ1v) is 10.8. The average Bonchev–Trinajstić information content (AvgIpc) is 3.42. The van der Waals surface area contributed by atoms with E-state index in [2.05, 4.69) is 22.2 Å². The number of fused-ring (bicyclic) bond motifs is 1. The van der Waals surface area contributed by atoms with Crippen molar-refractivity contribution in [2.45, 2.75) is 31.1 Å². The van der Waals surface area contributed by atoms with E-state index in [1.165, 1.54) is 12.5 Å². The highest BCUT2D eigenvalue weighted by atomic mass is 32.2. The average molecular weight is 413 g/mol. The third kappa shape index (κ3) is 4.64. The number of H-pyrrole nitrogens is 1. The smallest absolute Gasteiger partial charge is 0.257 e. The van der Waals surface area contributed by atoms with Gasteiger partial charge in [-0.25, -0.2) is 4.98 Å². The van der Waals surface area contributed by atoms with Crippen LogP contribution in [-0.2, 0) is 4.79 Å². The van der Waals surface area contributed by atoms with Gasteiger partial charge in [0.15, 0.2) is 0 Å². The number of aromatic amines is 1. The number of thioether (sulfide) groups is 1. The Hall–Kier alpha value is -2.74. The Kier molecular flexibility index (Phi) is 5.89. The van der Waals surface area contributed by atoms with E-state index in [1.54, 1.807) is 17.8 Å². The predicted molar refractivity (Wildman–Crippen MR) is 113 cm³/mol. The number of amides is 2. The van der Waals surface area contributed by atoms with Crippen LogP contribution >= 0.6 is 11.8 Å². The fraction of sp³-hybridized carbons (Fsp3) is 0.381. The fourth-order valence-corrected chi connectivity index (χ4v) is 4.26. The maximum absolute atomic E-state index is 12.4. The SMILES string of the molecule is CC(SCC(=O)NC1CCN(C(=O)c2ccoc2)CC1)c1nc2ccccc2[nH]1. The quantitative estimate of drug-likeness (QED) is 0.648. The summed E-state index contributed by atoms with van der Waals surface area (Å²) in [5, 5.41) is 3.20. The summed E-state index contributed by atoms with van der Waals surface area (Å²) in [5.74, 6) is 1.28. The summed E-state index contributed by atoms with van der Waals surface area (Å²) in [6.07, 6.45) is 4.50. The highest BCUT2D eigenvalue weighted by molar-refractivity contribution is 8.00. The number of hydrogen-bond donors (Lipinski definition) is 2. The fourth-order valence-electron chi connectivity index (χ4n) is 3.51. The van der Waals surface area contributed by atoms with Gasteiger partial charge in [-0.05, 0) is 38.0 Å². The lowest BCUT2D eigenvalue weighted by atomic mass is 10.0. The first-order chi connectivity index (χ1) is 14.1. The highest BCUT2D eigenvalue weighted by Gasteiger charge is 2.25. The van der Waals surface area contributed by atoms with E-state index in [0.717, 1.165) is 29.7 Å². The Bertz CT molecular complexity index is 944. The number of benzene rings is 1. The zero-order valence-corrected chi connectivity index (χ0v) is 17.1. The highest BCUT2D eigenvalue weighted by Crippen LogP contribution is 2.27. The van der Waals surface area contributed by atoms with Gasteiger partial charge in [0.05, 0.1) is 33.9 Å². The number of nitrogens with zero attached hydrogens (tertiary/aromatic N) is 2. The van der Waals surface area contributed by atoms with Crippen LogP contribution in [0.3, 0.4) is 0 Å². The molecular weight excluding hydrogens is 388 g/mol. The standard InChI is InChI=1S/C21H24N4O3S/c1-14(20-23-17-4-2-3-5-18(17)24-20)29-13-19(26)22-16-6-9-25(10-7-16)21(27)15-8-11-28-12-15/h2-5,8,11-12,14,16H,6-7,9-10,13H2,1H3,(H,22,26)(H,23,24). The molecular formula is C21H24N4O3S. The van der Waals surface area contributed by atoms with Crippen LogP contribution in [0.1, 0.15) is 41.2 Å².